The maximum atomic E-state index is 4.25. The molecular formula is C13H18O. The zero-order valence-corrected chi connectivity index (χ0v) is 8.94. The van der Waals surface area contributed by atoms with Gasteiger partial charge in [-0.1, -0.05) is 42.5 Å². The van der Waals surface area contributed by atoms with Crippen molar-refractivity contribution in [1.82, 2.24) is 0 Å². The molecule has 0 heterocycles. The predicted molar refractivity (Wildman–Crippen MR) is 62.5 cm³/mol. The van der Waals surface area contributed by atoms with Gasteiger partial charge in [-0.05, 0) is 5.56 Å². The minimum Gasteiger partial charge on any atom is -0.388 e. The summed E-state index contributed by atoms with van der Waals surface area (Å²) in [6.07, 6.45) is 3.78. The highest BCUT2D eigenvalue weighted by Gasteiger charge is 1.98. The van der Waals surface area contributed by atoms with Crippen molar-refractivity contribution >= 4 is 0 Å². The van der Waals surface area contributed by atoms with Crippen LogP contribution in [0.5, 0.6) is 0 Å². The van der Waals surface area contributed by atoms with Crippen LogP contribution in [0.1, 0.15) is 11.5 Å². The van der Waals surface area contributed by atoms with Crippen molar-refractivity contribution in [3.63, 3.8) is 0 Å². The van der Waals surface area contributed by atoms with Gasteiger partial charge in [-0.3, -0.25) is 0 Å². The molecule has 0 spiro atoms. The second-order valence-corrected chi connectivity index (χ2v) is 2.82. The fraction of sp³-hybridized carbons (Fsp3) is 0.231. The Hall–Kier alpha value is -1.34. The second kappa shape index (κ2) is 8.27. The van der Waals surface area contributed by atoms with E-state index in [2.05, 4.69) is 30.0 Å². The molecule has 1 aromatic rings. The summed E-state index contributed by atoms with van der Waals surface area (Å²) < 4.78 is 4.25. The van der Waals surface area contributed by atoms with Crippen LogP contribution in [0.15, 0.2) is 55.6 Å². The molecule has 0 N–H and O–H groups in total. The van der Waals surface area contributed by atoms with E-state index >= 15 is 0 Å². The normalized spacial score (nSPS) is 8.79. The van der Waals surface area contributed by atoms with E-state index in [1.54, 1.807) is 14.2 Å². The quantitative estimate of drug-likeness (QED) is 0.664. The Balaban J connectivity index is 0.000000500. The molecule has 0 saturated heterocycles. The average Bonchev–Trinajstić information content (AvgIpc) is 2.22. The Morgan fingerprint density at radius 1 is 1.07 bits per heavy atom. The first-order valence-corrected chi connectivity index (χ1v) is 4.50. The van der Waals surface area contributed by atoms with Gasteiger partial charge in [0.15, 0.2) is 0 Å². The molecule has 0 aromatic heterocycles. The predicted octanol–water partition coefficient (Wildman–Crippen LogP) is 3.40. The Kier molecular flexibility index (Phi) is 7.48. The lowest BCUT2D eigenvalue weighted by atomic mass is 10.00. The number of hydrogen-bond acceptors (Lipinski definition) is 1. The highest BCUT2D eigenvalue weighted by atomic mass is 16.4. The van der Waals surface area contributed by atoms with Crippen LogP contribution in [0.3, 0.4) is 0 Å². The molecule has 0 saturated carbocycles. The molecule has 0 unspecified atom stereocenters. The summed E-state index contributed by atoms with van der Waals surface area (Å²) in [5, 5.41) is 0. The molecule has 14 heavy (non-hydrogen) atoms. The van der Waals surface area contributed by atoms with Crippen LogP contribution in [0, 0.1) is 0 Å². The van der Waals surface area contributed by atoms with Crippen LogP contribution in [0.25, 0.3) is 0 Å². The lowest BCUT2D eigenvalue weighted by Crippen LogP contribution is -1.87. The van der Waals surface area contributed by atoms with Gasteiger partial charge >= 0.3 is 0 Å². The molecule has 1 heteroatoms. The standard InChI is InChI=1S/C11H12.C2H6O/c1-3-10(4-2)11-8-6-5-7-9-11;1-3-2/h3-10H,1-2H2;1-2H3. The van der Waals surface area contributed by atoms with Gasteiger partial charge in [0.05, 0.1) is 0 Å². The van der Waals surface area contributed by atoms with Crippen molar-refractivity contribution in [2.24, 2.45) is 0 Å². The maximum absolute atomic E-state index is 4.25. The summed E-state index contributed by atoms with van der Waals surface area (Å²) in [6.45, 7) is 7.47. The Morgan fingerprint density at radius 2 is 1.50 bits per heavy atom. The van der Waals surface area contributed by atoms with Gasteiger partial charge in [-0.2, -0.15) is 0 Å². The van der Waals surface area contributed by atoms with E-state index in [4.69, 9.17) is 0 Å². The van der Waals surface area contributed by atoms with Gasteiger partial charge in [-0.15, -0.1) is 13.2 Å². The van der Waals surface area contributed by atoms with Gasteiger partial charge in [0, 0.05) is 20.1 Å². The lowest BCUT2D eigenvalue weighted by molar-refractivity contribution is 0.277. The number of allylic oxidation sites excluding steroid dienone is 2. The average molecular weight is 190 g/mol. The van der Waals surface area contributed by atoms with E-state index < -0.39 is 0 Å². The van der Waals surface area contributed by atoms with E-state index in [9.17, 15) is 0 Å². The van der Waals surface area contributed by atoms with E-state index in [0.717, 1.165) is 0 Å². The smallest absolute Gasteiger partial charge is 0.0351 e. The van der Waals surface area contributed by atoms with Gasteiger partial charge in [0.25, 0.3) is 0 Å². The number of methoxy groups -OCH3 is 1. The SMILES string of the molecule is C=CC(C=C)c1ccccc1.COC. The van der Waals surface area contributed by atoms with E-state index in [1.165, 1.54) is 5.56 Å². The highest BCUT2D eigenvalue weighted by molar-refractivity contribution is 5.26. The van der Waals surface area contributed by atoms with Gasteiger partial charge in [0.2, 0.25) is 0 Å². The molecule has 0 amide bonds. The Bertz CT molecular complexity index is 243. The molecule has 0 aliphatic carbocycles. The lowest BCUT2D eigenvalue weighted by Gasteiger charge is -2.05. The van der Waals surface area contributed by atoms with Crippen molar-refractivity contribution in [3.05, 3.63) is 61.2 Å². The molecule has 76 valence electrons. The minimum absolute atomic E-state index is 0.288. The van der Waals surface area contributed by atoms with Crippen LogP contribution in [0.2, 0.25) is 0 Å². The first-order valence-electron chi connectivity index (χ1n) is 4.50. The summed E-state index contributed by atoms with van der Waals surface area (Å²) in [6, 6.07) is 10.2. The zero-order chi connectivity index (χ0) is 10.8. The fourth-order valence-electron chi connectivity index (χ4n) is 1.04. The van der Waals surface area contributed by atoms with Gasteiger partial charge < -0.3 is 4.74 Å². The van der Waals surface area contributed by atoms with Crippen LogP contribution in [0.4, 0.5) is 0 Å². The topological polar surface area (TPSA) is 9.23 Å². The number of ether oxygens (including phenoxy) is 1. The fourth-order valence-corrected chi connectivity index (χ4v) is 1.04. The molecule has 0 atom stereocenters. The van der Waals surface area contributed by atoms with Crippen LogP contribution in [-0.4, -0.2) is 14.2 Å². The summed E-state index contributed by atoms with van der Waals surface area (Å²) in [7, 11) is 3.25. The number of hydrogen-bond donors (Lipinski definition) is 0. The van der Waals surface area contributed by atoms with Gasteiger partial charge in [0.1, 0.15) is 0 Å². The van der Waals surface area contributed by atoms with Crippen molar-refractivity contribution in [3.8, 4) is 0 Å². The third-order valence-electron chi connectivity index (χ3n) is 1.69. The van der Waals surface area contributed by atoms with E-state index in [-0.39, 0.29) is 5.92 Å². The van der Waals surface area contributed by atoms with Crippen LogP contribution >= 0.6 is 0 Å². The molecule has 0 aliphatic heterocycles. The van der Waals surface area contributed by atoms with E-state index in [1.807, 2.05) is 30.4 Å². The van der Waals surface area contributed by atoms with Crippen molar-refractivity contribution in [1.29, 1.82) is 0 Å². The molecular weight excluding hydrogens is 172 g/mol. The van der Waals surface area contributed by atoms with Crippen LogP contribution < -0.4 is 0 Å². The van der Waals surface area contributed by atoms with Crippen molar-refractivity contribution in [2.75, 3.05) is 14.2 Å². The minimum atomic E-state index is 0.288. The molecule has 1 rings (SSSR count). The summed E-state index contributed by atoms with van der Waals surface area (Å²) >= 11 is 0. The number of rotatable bonds is 3. The third-order valence-corrected chi connectivity index (χ3v) is 1.69. The molecule has 0 bridgehead atoms. The summed E-state index contributed by atoms with van der Waals surface area (Å²) in [4.78, 5) is 0. The first kappa shape index (κ1) is 12.7. The first-order chi connectivity index (χ1) is 6.79. The van der Waals surface area contributed by atoms with Crippen LogP contribution in [-0.2, 0) is 4.74 Å². The largest absolute Gasteiger partial charge is 0.388 e. The zero-order valence-electron chi connectivity index (χ0n) is 8.94. The molecule has 0 fully saturated rings. The monoisotopic (exact) mass is 190 g/mol. The summed E-state index contributed by atoms with van der Waals surface area (Å²) in [5.41, 5.74) is 1.25. The second-order valence-electron chi connectivity index (χ2n) is 2.82. The maximum Gasteiger partial charge on any atom is 0.0351 e. The van der Waals surface area contributed by atoms with Gasteiger partial charge in [-0.25, -0.2) is 0 Å². The summed E-state index contributed by atoms with van der Waals surface area (Å²) in [5.74, 6) is 0.288. The van der Waals surface area contributed by atoms with Crippen molar-refractivity contribution in [2.45, 2.75) is 5.92 Å². The Morgan fingerprint density at radius 3 is 1.86 bits per heavy atom. The van der Waals surface area contributed by atoms with E-state index in [0.29, 0.717) is 0 Å². The van der Waals surface area contributed by atoms with Crippen molar-refractivity contribution < 1.29 is 4.74 Å². The molecule has 0 radical (unpaired) electrons. The Labute approximate surface area is 86.7 Å². The number of benzene rings is 1. The molecule has 1 aromatic carbocycles. The molecule has 0 aliphatic rings. The molecule has 1 nitrogen and oxygen atoms in total. The third kappa shape index (κ3) is 4.63. The highest BCUT2D eigenvalue weighted by Crippen LogP contribution is 2.16.